The fourth-order valence-corrected chi connectivity index (χ4v) is 4.48. The second-order valence-electron chi connectivity index (χ2n) is 6.99. The van der Waals surface area contributed by atoms with E-state index < -0.39 is 23.8 Å². The second-order valence-corrected chi connectivity index (χ2v) is 7.86. The van der Waals surface area contributed by atoms with Crippen molar-refractivity contribution in [2.75, 3.05) is 0 Å². The van der Waals surface area contributed by atoms with Gasteiger partial charge in [-0.2, -0.15) is 0 Å². The van der Waals surface area contributed by atoms with Crippen LogP contribution in [0.2, 0.25) is 10.0 Å². The molecule has 2 N–H and O–H groups in total. The molecule has 4 unspecified atom stereocenters. The Morgan fingerprint density at radius 2 is 1.50 bits per heavy atom. The Hall–Kier alpha value is -2.56. The zero-order chi connectivity index (χ0) is 19.8. The highest BCUT2D eigenvalue weighted by Gasteiger charge is 2.53. The van der Waals surface area contributed by atoms with E-state index >= 15 is 0 Å². The molecule has 4 atom stereocenters. The van der Waals surface area contributed by atoms with Crippen LogP contribution >= 0.6 is 23.2 Å². The summed E-state index contributed by atoms with van der Waals surface area (Å²) >= 11 is 12.0. The van der Waals surface area contributed by atoms with Crippen molar-refractivity contribution < 1.29 is 9.59 Å². The third-order valence-corrected chi connectivity index (χ3v) is 5.92. The van der Waals surface area contributed by atoms with E-state index in [0.29, 0.717) is 15.6 Å². The topological polar surface area (TPSA) is 63.4 Å². The standard InChI is InChI=1S/C22H18Cl2N2O2/c23-15-8-4-13(5-9-15)18-19(21(27)14-6-10-16(24)11-7-14)17-3-1-2-12-26(17)20(18)22(25)28/h1-12,17-20H,(H2,25,28). The number of nitrogens with two attached hydrogens (primary N) is 1. The number of amides is 1. The van der Waals surface area contributed by atoms with Crippen LogP contribution in [-0.4, -0.2) is 28.7 Å². The monoisotopic (exact) mass is 412 g/mol. The quantitative estimate of drug-likeness (QED) is 0.765. The number of hydrogen-bond acceptors (Lipinski definition) is 3. The second kappa shape index (κ2) is 7.46. The zero-order valence-electron chi connectivity index (χ0n) is 14.8. The smallest absolute Gasteiger partial charge is 0.240 e. The third kappa shape index (κ3) is 3.23. The number of allylic oxidation sites excluding steroid dienone is 2. The van der Waals surface area contributed by atoms with E-state index in [9.17, 15) is 9.59 Å². The number of ketones is 1. The Kier molecular flexibility index (Phi) is 5.00. The fraction of sp³-hybridized carbons (Fsp3) is 0.182. The molecular formula is C22H18Cl2N2O2. The van der Waals surface area contributed by atoms with E-state index in [2.05, 4.69) is 0 Å². The molecule has 0 spiro atoms. The number of halogens is 2. The van der Waals surface area contributed by atoms with Gasteiger partial charge in [0.15, 0.2) is 5.78 Å². The third-order valence-electron chi connectivity index (χ3n) is 5.42. The number of carbonyl (C=O) groups excluding carboxylic acids is 2. The highest BCUT2D eigenvalue weighted by Crippen LogP contribution is 2.45. The number of rotatable bonds is 4. The highest BCUT2D eigenvalue weighted by atomic mass is 35.5. The summed E-state index contributed by atoms with van der Waals surface area (Å²) in [5.74, 6) is -1.37. The molecule has 2 aromatic carbocycles. The molecule has 2 heterocycles. The predicted molar refractivity (Wildman–Crippen MR) is 110 cm³/mol. The number of nitrogens with zero attached hydrogens (tertiary/aromatic N) is 1. The van der Waals surface area contributed by atoms with Crippen LogP contribution in [0, 0.1) is 5.92 Å². The number of primary amides is 1. The Morgan fingerprint density at radius 1 is 0.893 bits per heavy atom. The van der Waals surface area contributed by atoms with Gasteiger partial charge in [0, 0.05) is 27.7 Å². The molecule has 0 radical (unpaired) electrons. The normalized spacial score (nSPS) is 25.6. The van der Waals surface area contributed by atoms with E-state index in [1.165, 1.54) is 0 Å². The number of fused-ring (bicyclic) bond motifs is 1. The molecule has 142 valence electrons. The summed E-state index contributed by atoms with van der Waals surface area (Å²) in [5, 5.41) is 1.16. The lowest BCUT2D eigenvalue weighted by Crippen LogP contribution is -2.42. The number of Topliss-reactive ketones (excluding diaryl/α,β-unsaturated/α-hetero) is 1. The predicted octanol–water partition coefficient (Wildman–Crippen LogP) is 4.20. The van der Waals surface area contributed by atoms with Crippen molar-refractivity contribution in [2.24, 2.45) is 11.7 Å². The summed E-state index contributed by atoms with van der Waals surface area (Å²) in [6, 6.07) is 13.2. The SMILES string of the molecule is NC(=O)C1C(c2ccc(Cl)cc2)C(C(=O)c2ccc(Cl)cc2)C2C=CC=CN21. The molecule has 0 saturated carbocycles. The molecule has 0 aromatic heterocycles. The van der Waals surface area contributed by atoms with Crippen molar-refractivity contribution in [2.45, 2.75) is 18.0 Å². The van der Waals surface area contributed by atoms with Gasteiger partial charge in [-0.05, 0) is 48.0 Å². The molecule has 4 rings (SSSR count). The van der Waals surface area contributed by atoms with Crippen molar-refractivity contribution in [3.63, 3.8) is 0 Å². The first-order chi connectivity index (χ1) is 13.5. The van der Waals surface area contributed by atoms with E-state index in [1.54, 1.807) is 36.4 Å². The lowest BCUT2D eigenvalue weighted by Gasteiger charge is -2.28. The minimum atomic E-state index is -0.631. The molecule has 1 amide bonds. The maximum Gasteiger partial charge on any atom is 0.240 e. The first-order valence-electron chi connectivity index (χ1n) is 8.94. The van der Waals surface area contributed by atoms with Gasteiger partial charge >= 0.3 is 0 Å². The van der Waals surface area contributed by atoms with Gasteiger partial charge in [-0.25, -0.2) is 0 Å². The van der Waals surface area contributed by atoms with Gasteiger partial charge < -0.3 is 10.6 Å². The first-order valence-corrected chi connectivity index (χ1v) is 9.70. The number of benzene rings is 2. The summed E-state index contributed by atoms with van der Waals surface area (Å²) in [6.45, 7) is 0. The minimum absolute atomic E-state index is 0.0460. The molecule has 1 saturated heterocycles. The van der Waals surface area contributed by atoms with Crippen molar-refractivity contribution in [3.05, 3.63) is 94.1 Å². The van der Waals surface area contributed by atoms with Gasteiger partial charge in [-0.15, -0.1) is 0 Å². The van der Waals surface area contributed by atoms with E-state index in [1.807, 2.05) is 41.5 Å². The maximum absolute atomic E-state index is 13.5. The molecular weight excluding hydrogens is 395 g/mol. The van der Waals surface area contributed by atoms with Crippen LogP contribution in [0.5, 0.6) is 0 Å². The Balaban J connectivity index is 1.84. The van der Waals surface area contributed by atoms with Gasteiger partial charge in [-0.3, -0.25) is 9.59 Å². The molecule has 28 heavy (non-hydrogen) atoms. The summed E-state index contributed by atoms with van der Waals surface area (Å²) in [6.07, 6.45) is 7.52. The van der Waals surface area contributed by atoms with Crippen molar-refractivity contribution >= 4 is 34.9 Å². The van der Waals surface area contributed by atoms with Crippen LogP contribution in [0.3, 0.4) is 0 Å². The molecule has 2 aliphatic rings. The van der Waals surface area contributed by atoms with Crippen LogP contribution < -0.4 is 5.73 Å². The summed E-state index contributed by atoms with van der Waals surface area (Å²) < 4.78 is 0. The highest BCUT2D eigenvalue weighted by molar-refractivity contribution is 6.31. The molecule has 2 aliphatic heterocycles. The fourth-order valence-electron chi connectivity index (χ4n) is 4.23. The average Bonchev–Trinajstić information content (AvgIpc) is 3.04. The number of carbonyl (C=O) groups is 2. The molecule has 2 aromatic rings. The Morgan fingerprint density at radius 3 is 2.11 bits per heavy atom. The van der Waals surface area contributed by atoms with Crippen molar-refractivity contribution in [1.29, 1.82) is 0 Å². The van der Waals surface area contributed by atoms with Crippen LogP contribution in [0.25, 0.3) is 0 Å². The van der Waals surface area contributed by atoms with Crippen molar-refractivity contribution in [3.8, 4) is 0 Å². The van der Waals surface area contributed by atoms with E-state index in [-0.39, 0.29) is 11.8 Å². The molecule has 6 heteroatoms. The Bertz CT molecular complexity index is 967. The van der Waals surface area contributed by atoms with Gasteiger partial charge in [0.2, 0.25) is 5.91 Å². The summed E-state index contributed by atoms with van der Waals surface area (Å²) in [7, 11) is 0. The van der Waals surface area contributed by atoms with Crippen LogP contribution in [0.4, 0.5) is 0 Å². The summed E-state index contributed by atoms with van der Waals surface area (Å²) in [5.41, 5.74) is 7.20. The van der Waals surface area contributed by atoms with Gasteiger partial charge in [-0.1, -0.05) is 47.5 Å². The van der Waals surface area contributed by atoms with E-state index in [4.69, 9.17) is 28.9 Å². The lowest BCUT2D eigenvalue weighted by molar-refractivity contribution is -0.122. The zero-order valence-corrected chi connectivity index (χ0v) is 16.3. The minimum Gasteiger partial charge on any atom is -0.368 e. The number of hydrogen-bond donors (Lipinski definition) is 1. The van der Waals surface area contributed by atoms with Crippen LogP contribution in [-0.2, 0) is 4.79 Å². The van der Waals surface area contributed by atoms with Crippen LogP contribution in [0.1, 0.15) is 21.8 Å². The summed E-state index contributed by atoms with van der Waals surface area (Å²) in [4.78, 5) is 27.8. The molecule has 0 bridgehead atoms. The van der Waals surface area contributed by atoms with Gasteiger partial charge in [0.1, 0.15) is 6.04 Å². The molecule has 4 nitrogen and oxygen atoms in total. The lowest BCUT2D eigenvalue weighted by atomic mass is 9.77. The first kappa shape index (κ1) is 18.8. The maximum atomic E-state index is 13.5. The van der Waals surface area contributed by atoms with Gasteiger partial charge in [0.25, 0.3) is 0 Å². The van der Waals surface area contributed by atoms with E-state index in [0.717, 1.165) is 5.56 Å². The largest absolute Gasteiger partial charge is 0.368 e. The Labute approximate surface area is 173 Å². The molecule has 1 fully saturated rings. The van der Waals surface area contributed by atoms with Crippen LogP contribution in [0.15, 0.2) is 73.0 Å². The average molecular weight is 413 g/mol. The van der Waals surface area contributed by atoms with Gasteiger partial charge in [0.05, 0.1) is 12.0 Å². The van der Waals surface area contributed by atoms with Crippen molar-refractivity contribution in [1.82, 2.24) is 4.90 Å². The molecule has 0 aliphatic carbocycles.